The van der Waals surface area contributed by atoms with E-state index in [1.165, 1.54) is 12.8 Å². The third-order valence-electron chi connectivity index (χ3n) is 3.64. The zero-order chi connectivity index (χ0) is 15.3. The van der Waals surface area contributed by atoms with Gasteiger partial charge in [0.1, 0.15) is 0 Å². The van der Waals surface area contributed by atoms with Gasteiger partial charge in [-0.1, -0.05) is 13.8 Å². The summed E-state index contributed by atoms with van der Waals surface area (Å²) in [5.41, 5.74) is 12.5. The molecule has 1 aromatic rings. The number of hydrogen-bond donors (Lipinski definition) is 4. The number of nitrogens with two attached hydrogens (primary N) is 1. The first-order chi connectivity index (χ1) is 10.1. The first kappa shape index (κ1) is 15.9. The van der Waals surface area contributed by atoms with Crippen molar-refractivity contribution >= 4 is 0 Å². The van der Waals surface area contributed by atoms with Gasteiger partial charge in [0.2, 0.25) is 5.75 Å². The van der Waals surface area contributed by atoms with Crippen molar-refractivity contribution in [3.05, 3.63) is 17.7 Å². The zero-order valence-corrected chi connectivity index (χ0v) is 12.7. The van der Waals surface area contributed by atoms with Gasteiger partial charge in [-0.05, 0) is 42.4 Å². The Kier molecular flexibility index (Phi) is 5.27. The molecule has 1 aliphatic rings. The molecule has 0 bridgehead atoms. The molecule has 0 unspecified atom stereocenters. The quantitative estimate of drug-likeness (QED) is 0.410. The lowest BCUT2D eigenvalue weighted by molar-refractivity contribution is 0.140. The normalized spacial score (nSPS) is 15.8. The van der Waals surface area contributed by atoms with Crippen LogP contribution in [0.2, 0.25) is 0 Å². The van der Waals surface area contributed by atoms with Gasteiger partial charge in [0.25, 0.3) is 0 Å². The van der Waals surface area contributed by atoms with Crippen LogP contribution in [0.3, 0.4) is 0 Å². The fraction of sp³-hybridized carbons (Fsp3) is 0.600. The van der Waals surface area contributed by atoms with Gasteiger partial charge < -0.3 is 20.5 Å². The summed E-state index contributed by atoms with van der Waals surface area (Å²) in [6, 6.07) is 3.35. The zero-order valence-electron chi connectivity index (χ0n) is 12.7. The molecule has 21 heavy (non-hydrogen) atoms. The van der Waals surface area contributed by atoms with E-state index in [9.17, 15) is 5.11 Å². The molecule has 1 saturated carbocycles. The third-order valence-corrected chi connectivity index (χ3v) is 3.64. The highest BCUT2D eigenvalue weighted by molar-refractivity contribution is 5.52. The fourth-order valence-electron chi connectivity index (χ4n) is 1.84. The van der Waals surface area contributed by atoms with Crippen LogP contribution in [0, 0.1) is 5.41 Å². The Morgan fingerprint density at radius 3 is 2.67 bits per heavy atom. The van der Waals surface area contributed by atoms with Gasteiger partial charge in [0.15, 0.2) is 11.5 Å². The number of rotatable bonds is 9. The van der Waals surface area contributed by atoms with Gasteiger partial charge in [-0.3, -0.25) is 0 Å². The van der Waals surface area contributed by atoms with Gasteiger partial charge in [-0.15, -0.1) is 0 Å². The Morgan fingerprint density at radius 2 is 2.05 bits per heavy atom. The lowest BCUT2D eigenvalue weighted by atomic mass is 10.1. The number of phenols is 1. The molecule has 5 N–H and O–H groups in total. The Balaban J connectivity index is 2.04. The lowest BCUT2D eigenvalue weighted by Gasteiger charge is -2.16. The van der Waals surface area contributed by atoms with Crippen molar-refractivity contribution in [2.24, 2.45) is 11.1 Å². The molecule has 2 rings (SSSR count). The molecule has 0 heterocycles. The van der Waals surface area contributed by atoms with E-state index in [2.05, 4.69) is 17.9 Å². The van der Waals surface area contributed by atoms with Crippen LogP contribution in [0.5, 0.6) is 17.2 Å². The minimum Gasteiger partial charge on any atom is -0.504 e. The number of aromatic hydroxyl groups is 1. The van der Waals surface area contributed by atoms with E-state index < -0.39 is 0 Å². The molecule has 0 saturated heterocycles. The molecule has 1 aliphatic carbocycles. The topological polar surface area (TPSA) is 88.8 Å². The Morgan fingerprint density at radius 1 is 1.29 bits per heavy atom. The van der Waals surface area contributed by atoms with Crippen LogP contribution in [0.15, 0.2) is 12.1 Å². The highest BCUT2D eigenvalue weighted by Gasteiger charge is 2.37. The average molecular weight is 295 g/mol. The average Bonchev–Trinajstić information content (AvgIpc) is 3.19. The van der Waals surface area contributed by atoms with Crippen molar-refractivity contribution in [2.45, 2.75) is 39.7 Å². The van der Waals surface area contributed by atoms with Crippen molar-refractivity contribution in [3.63, 3.8) is 0 Å². The summed E-state index contributed by atoms with van der Waals surface area (Å²) < 4.78 is 0. The van der Waals surface area contributed by atoms with Gasteiger partial charge in [-0.2, -0.15) is 11.0 Å². The van der Waals surface area contributed by atoms with Crippen LogP contribution in [0.25, 0.3) is 0 Å². The first-order valence-electron chi connectivity index (χ1n) is 7.43. The van der Waals surface area contributed by atoms with E-state index in [1.54, 1.807) is 12.1 Å². The smallest absolute Gasteiger partial charge is 0.233 e. The molecule has 1 aromatic carbocycles. The summed E-state index contributed by atoms with van der Waals surface area (Å²) in [6.07, 6.45) is 3.33. The molecule has 0 spiro atoms. The minimum atomic E-state index is 0.0136. The molecule has 0 atom stereocenters. The second kappa shape index (κ2) is 6.98. The standard InChI is InChI=1S/C15H25N3O3/c1-3-6-17-20-13-8-11(9-16)7-12(19)14(13)21-18-10-15(2)4-5-15/h7-8,17-19H,3-6,9-10,16H2,1-2H3. The maximum Gasteiger partial charge on any atom is 0.233 e. The maximum absolute atomic E-state index is 10.1. The second-order valence-electron chi connectivity index (χ2n) is 5.88. The van der Waals surface area contributed by atoms with Crippen molar-refractivity contribution in [2.75, 3.05) is 13.1 Å². The first-order valence-corrected chi connectivity index (χ1v) is 7.43. The van der Waals surface area contributed by atoms with E-state index in [0.29, 0.717) is 24.3 Å². The molecule has 6 nitrogen and oxygen atoms in total. The van der Waals surface area contributed by atoms with Gasteiger partial charge >= 0.3 is 0 Å². The molecule has 6 heteroatoms. The van der Waals surface area contributed by atoms with Crippen molar-refractivity contribution in [3.8, 4) is 17.2 Å². The Bertz CT molecular complexity index is 475. The van der Waals surface area contributed by atoms with Gasteiger partial charge in [-0.25, -0.2) is 0 Å². The second-order valence-corrected chi connectivity index (χ2v) is 5.88. The number of hydrogen-bond acceptors (Lipinski definition) is 6. The number of benzene rings is 1. The molecular weight excluding hydrogens is 270 g/mol. The van der Waals surface area contributed by atoms with E-state index in [4.69, 9.17) is 15.4 Å². The number of phenolic OH excluding ortho intramolecular Hbond substituents is 1. The summed E-state index contributed by atoms with van der Waals surface area (Å²) in [7, 11) is 0. The molecule has 0 amide bonds. The third kappa shape index (κ3) is 4.49. The monoisotopic (exact) mass is 295 g/mol. The van der Waals surface area contributed by atoms with Crippen molar-refractivity contribution < 1.29 is 14.8 Å². The van der Waals surface area contributed by atoms with Crippen LogP contribution in [0.4, 0.5) is 0 Å². The largest absolute Gasteiger partial charge is 0.504 e. The SMILES string of the molecule is CCCNOc1cc(CN)cc(O)c1ONCC1(C)CC1. The van der Waals surface area contributed by atoms with E-state index in [1.807, 2.05) is 6.92 Å². The van der Waals surface area contributed by atoms with E-state index in [-0.39, 0.29) is 11.5 Å². The van der Waals surface area contributed by atoms with Crippen LogP contribution >= 0.6 is 0 Å². The van der Waals surface area contributed by atoms with Crippen LogP contribution in [-0.2, 0) is 6.54 Å². The molecule has 0 aliphatic heterocycles. The van der Waals surface area contributed by atoms with Crippen LogP contribution in [-0.4, -0.2) is 18.2 Å². The van der Waals surface area contributed by atoms with E-state index in [0.717, 1.165) is 18.5 Å². The Hall–Kier alpha value is -1.50. The highest BCUT2D eigenvalue weighted by Crippen LogP contribution is 2.44. The summed E-state index contributed by atoms with van der Waals surface area (Å²) in [5.74, 6) is 0.720. The Labute approximate surface area is 125 Å². The molecule has 0 radical (unpaired) electrons. The van der Waals surface area contributed by atoms with Crippen molar-refractivity contribution in [1.29, 1.82) is 0 Å². The summed E-state index contributed by atoms with van der Waals surface area (Å²) in [4.78, 5) is 11.0. The number of hydroxylamine groups is 2. The van der Waals surface area contributed by atoms with Crippen molar-refractivity contribution in [1.82, 2.24) is 11.0 Å². The summed E-state index contributed by atoms with van der Waals surface area (Å²) in [6.45, 7) is 6.01. The summed E-state index contributed by atoms with van der Waals surface area (Å²) in [5, 5.41) is 10.1. The van der Waals surface area contributed by atoms with Gasteiger partial charge in [0, 0.05) is 19.6 Å². The highest BCUT2D eigenvalue weighted by atomic mass is 16.7. The van der Waals surface area contributed by atoms with E-state index >= 15 is 0 Å². The maximum atomic E-state index is 10.1. The fourth-order valence-corrected chi connectivity index (χ4v) is 1.84. The molecular formula is C15H25N3O3. The van der Waals surface area contributed by atoms with Gasteiger partial charge in [0.05, 0.1) is 0 Å². The summed E-state index contributed by atoms with van der Waals surface area (Å²) >= 11 is 0. The minimum absolute atomic E-state index is 0.0136. The predicted molar refractivity (Wildman–Crippen MR) is 80.9 cm³/mol. The number of nitrogens with one attached hydrogen (secondary N) is 2. The molecule has 0 aromatic heterocycles. The van der Waals surface area contributed by atoms with Crippen LogP contribution < -0.4 is 26.4 Å². The predicted octanol–water partition coefficient (Wildman–Crippen LogP) is 1.83. The molecule has 1 fully saturated rings. The lowest BCUT2D eigenvalue weighted by Crippen LogP contribution is -2.26. The van der Waals surface area contributed by atoms with Crippen LogP contribution in [0.1, 0.15) is 38.7 Å². The molecule has 118 valence electrons.